The largest absolute Gasteiger partial charge is 0.497 e. The molecule has 0 atom stereocenters. The molecule has 6 heteroatoms. The number of sulfonamides is 1. The van der Waals surface area contributed by atoms with Crippen molar-refractivity contribution in [3.05, 3.63) is 84.4 Å². The zero-order chi connectivity index (χ0) is 19.3. The smallest absolute Gasteiger partial charge is 0.264 e. The van der Waals surface area contributed by atoms with Crippen LogP contribution in [0.3, 0.4) is 0 Å². The van der Waals surface area contributed by atoms with Crippen LogP contribution in [0.1, 0.15) is 5.56 Å². The average Bonchev–Trinajstić information content (AvgIpc) is 2.72. The summed E-state index contributed by atoms with van der Waals surface area (Å²) in [7, 11) is -0.713. The van der Waals surface area contributed by atoms with Crippen LogP contribution in [-0.4, -0.2) is 22.6 Å². The van der Waals surface area contributed by atoms with Crippen molar-refractivity contribution in [2.45, 2.75) is 11.4 Å². The summed E-state index contributed by atoms with van der Waals surface area (Å²) in [4.78, 5) is 0.225. The van der Waals surface area contributed by atoms with Crippen LogP contribution in [0, 0.1) is 0 Å². The minimum Gasteiger partial charge on any atom is -0.497 e. The van der Waals surface area contributed by atoms with Gasteiger partial charge in [-0.2, -0.15) is 0 Å². The van der Waals surface area contributed by atoms with Crippen LogP contribution in [0.15, 0.2) is 83.8 Å². The number of anilines is 1. The Morgan fingerprint density at radius 2 is 1.30 bits per heavy atom. The molecule has 27 heavy (non-hydrogen) atoms. The van der Waals surface area contributed by atoms with E-state index in [-0.39, 0.29) is 11.4 Å². The summed E-state index contributed by atoms with van der Waals surface area (Å²) < 4.78 is 38.8. The molecule has 0 aliphatic rings. The number of hydrogen-bond acceptors (Lipinski definition) is 4. The number of benzene rings is 3. The molecular weight excluding hydrogens is 362 g/mol. The van der Waals surface area contributed by atoms with Crippen LogP contribution < -0.4 is 13.8 Å². The van der Waals surface area contributed by atoms with Gasteiger partial charge < -0.3 is 9.47 Å². The van der Waals surface area contributed by atoms with Crippen molar-refractivity contribution < 1.29 is 17.9 Å². The molecular formula is C21H21NO4S. The summed E-state index contributed by atoms with van der Waals surface area (Å²) in [5.74, 6) is 1.04. The Hall–Kier alpha value is -2.99. The van der Waals surface area contributed by atoms with Crippen LogP contribution in [0.5, 0.6) is 11.5 Å². The molecule has 0 unspecified atom stereocenters. The molecule has 0 bridgehead atoms. The van der Waals surface area contributed by atoms with Gasteiger partial charge in [-0.1, -0.05) is 48.5 Å². The minimum atomic E-state index is -3.78. The topological polar surface area (TPSA) is 55.8 Å². The standard InChI is InChI=1S/C21H21NO4S/c1-25-19-13-18(14-20(15-19)26-2)22(16-17-9-5-3-6-10-17)27(23,24)21-11-7-4-8-12-21/h3-15H,16H2,1-2H3. The van der Waals surface area contributed by atoms with Crippen molar-refractivity contribution in [1.82, 2.24) is 0 Å². The molecule has 0 saturated carbocycles. The Morgan fingerprint density at radius 3 is 1.81 bits per heavy atom. The van der Waals surface area contributed by atoms with E-state index in [0.717, 1.165) is 5.56 Å². The molecule has 3 rings (SSSR count). The van der Waals surface area contributed by atoms with Gasteiger partial charge in [-0.15, -0.1) is 0 Å². The van der Waals surface area contributed by atoms with Gasteiger partial charge in [0, 0.05) is 18.2 Å². The molecule has 0 amide bonds. The van der Waals surface area contributed by atoms with Crippen molar-refractivity contribution >= 4 is 15.7 Å². The second kappa shape index (κ2) is 8.14. The van der Waals surface area contributed by atoms with Gasteiger partial charge in [0.1, 0.15) is 11.5 Å². The third-order valence-electron chi connectivity index (χ3n) is 4.12. The molecule has 0 radical (unpaired) electrons. The SMILES string of the molecule is COc1cc(OC)cc(N(Cc2ccccc2)S(=O)(=O)c2ccccc2)c1. The van der Waals surface area contributed by atoms with Crippen LogP contribution in [0.2, 0.25) is 0 Å². The van der Waals surface area contributed by atoms with E-state index >= 15 is 0 Å². The van der Waals surface area contributed by atoms with Gasteiger partial charge in [-0.3, -0.25) is 4.31 Å². The van der Waals surface area contributed by atoms with E-state index < -0.39 is 10.0 Å². The highest BCUT2D eigenvalue weighted by atomic mass is 32.2. The van der Waals surface area contributed by atoms with Crippen molar-refractivity contribution in [2.75, 3.05) is 18.5 Å². The lowest BCUT2D eigenvalue weighted by molar-refractivity contribution is 0.394. The Labute approximate surface area is 159 Å². The van der Waals surface area contributed by atoms with E-state index in [1.54, 1.807) is 48.5 Å². The van der Waals surface area contributed by atoms with Crippen molar-refractivity contribution in [2.24, 2.45) is 0 Å². The second-order valence-electron chi connectivity index (χ2n) is 5.88. The summed E-state index contributed by atoms with van der Waals surface area (Å²) in [5, 5.41) is 0. The lowest BCUT2D eigenvalue weighted by Crippen LogP contribution is -2.30. The normalized spacial score (nSPS) is 11.0. The van der Waals surface area contributed by atoms with Crippen LogP contribution in [0.25, 0.3) is 0 Å². The summed E-state index contributed by atoms with van der Waals surface area (Å²) in [6.07, 6.45) is 0. The van der Waals surface area contributed by atoms with Crippen molar-refractivity contribution in [3.63, 3.8) is 0 Å². The maximum Gasteiger partial charge on any atom is 0.264 e. The van der Waals surface area contributed by atoms with E-state index in [0.29, 0.717) is 17.2 Å². The van der Waals surface area contributed by atoms with Gasteiger partial charge in [0.25, 0.3) is 10.0 Å². The van der Waals surface area contributed by atoms with Crippen LogP contribution in [-0.2, 0) is 16.6 Å². The number of ether oxygens (including phenoxy) is 2. The predicted octanol–water partition coefficient (Wildman–Crippen LogP) is 4.10. The third-order valence-corrected chi connectivity index (χ3v) is 5.91. The fourth-order valence-corrected chi connectivity index (χ4v) is 4.18. The molecule has 5 nitrogen and oxygen atoms in total. The van der Waals surface area contributed by atoms with Crippen molar-refractivity contribution in [1.29, 1.82) is 0 Å². The maximum absolute atomic E-state index is 13.4. The zero-order valence-electron chi connectivity index (χ0n) is 15.2. The molecule has 3 aromatic rings. The molecule has 0 aromatic heterocycles. The van der Waals surface area contributed by atoms with Gasteiger partial charge >= 0.3 is 0 Å². The van der Waals surface area contributed by atoms with Crippen molar-refractivity contribution in [3.8, 4) is 11.5 Å². The van der Waals surface area contributed by atoms with E-state index in [1.165, 1.54) is 18.5 Å². The summed E-state index contributed by atoms with van der Waals surface area (Å²) in [5.41, 5.74) is 1.35. The van der Waals surface area contributed by atoms with Gasteiger partial charge in [0.2, 0.25) is 0 Å². The first kappa shape index (κ1) is 18.8. The molecule has 140 valence electrons. The summed E-state index contributed by atoms with van der Waals surface area (Å²) in [6, 6.07) is 22.9. The highest BCUT2D eigenvalue weighted by Crippen LogP contribution is 2.33. The summed E-state index contributed by atoms with van der Waals surface area (Å²) in [6.45, 7) is 0.189. The lowest BCUT2D eigenvalue weighted by atomic mass is 10.2. The molecule has 0 aliphatic carbocycles. The first-order valence-corrected chi connectivity index (χ1v) is 9.83. The fraction of sp³-hybridized carbons (Fsp3) is 0.143. The van der Waals surface area contributed by atoms with Crippen LogP contribution in [0.4, 0.5) is 5.69 Å². The molecule has 0 N–H and O–H groups in total. The van der Waals surface area contributed by atoms with E-state index in [9.17, 15) is 8.42 Å². The Kier molecular flexibility index (Phi) is 5.66. The van der Waals surface area contributed by atoms with Gasteiger partial charge in [-0.05, 0) is 17.7 Å². The number of hydrogen-bond donors (Lipinski definition) is 0. The maximum atomic E-state index is 13.4. The first-order chi connectivity index (χ1) is 13.0. The molecule has 0 fully saturated rings. The van der Waals surface area contributed by atoms with Gasteiger partial charge in [0.15, 0.2) is 0 Å². The number of methoxy groups -OCH3 is 2. The molecule has 0 heterocycles. The molecule has 0 saturated heterocycles. The van der Waals surface area contributed by atoms with E-state index in [4.69, 9.17) is 9.47 Å². The minimum absolute atomic E-state index is 0.189. The summed E-state index contributed by atoms with van der Waals surface area (Å²) >= 11 is 0. The Balaban J connectivity index is 2.13. The highest BCUT2D eigenvalue weighted by molar-refractivity contribution is 7.92. The third kappa shape index (κ3) is 4.23. The highest BCUT2D eigenvalue weighted by Gasteiger charge is 2.26. The average molecular weight is 383 g/mol. The van der Waals surface area contributed by atoms with Gasteiger partial charge in [0.05, 0.1) is 31.3 Å². The fourth-order valence-electron chi connectivity index (χ4n) is 2.72. The first-order valence-electron chi connectivity index (χ1n) is 8.39. The quantitative estimate of drug-likeness (QED) is 0.616. The zero-order valence-corrected chi connectivity index (χ0v) is 16.0. The number of rotatable bonds is 7. The second-order valence-corrected chi connectivity index (χ2v) is 7.74. The van der Waals surface area contributed by atoms with Crippen LogP contribution >= 0.6 is 0 Å². The monoisotopic (exact) mass is 383 g/mol. The van der Waals surface area contributed by atoms with Gasteiger partial charge in [-0.25, -0.2) is 8.42 Å². The number of nitrogens with zero attached hydrogens (tertiary/aromatic N) is 1. The molecule has 0 aliphatic heterocycles. The Bertz CT molecular complexity index is 967. The molecule has 3 aromatic carbocycles. The predicted molar refractivity (Wildman–Crippen MR) is 106 cm³/mol. The van der Waals surface area contributed by atoms with E-state index in [1.807, 2.05) is 30.3 Å². The lowest BCUT2D eigenvalue weighted by Gasteiger charge is -2.25. The Morgan fingerprint density at radius 1 is 0.778 bits per heavy atom. The van der Waals surface area contributed by atoms with E-state index in [2.05, 4.69) is 0 Å². The molecule has 0 spiro atoms.